The van der Waals surface area contributed by atoms with Gasteiger partial charge < -0.3 is 10.1 Å². The van der Waals surface area contributed by atoms with Gasteiger partial charge in [-0.2, -0.15) is 13.2 Å². The number of halogens is 4. The summed E-state index contributed by atoms with van der Waals surface area (Å²) in [4.78, 5) is 11.6. The van der Waals surface area contributed by atoms with Gasteiger partial charge in [0.1, 0.15) is 5.76 Å². The number of hydrogen-bond acceptors (Lipinski definition) is 4. The van der Waals surface area contributed by atoms with Gasteiger partial charge in [0, 0.05) is 6.20 Å². The summed E-state index contributed by atoms with van der Waals surface area (Å²) in [5.41, 5.74) is 0.606. The average Bonchev–Trinajstić information content (AvgIpc) is 2.29. The van der Waals surface area contributed by atoms with Gasteiger partial charge in [-0.05, 0) is 28.9 Å². The fraction of sp³-hybridized carbons (Fsp3) is 0.444. The summed E-state index contributed by atoms with van der Waals surface area (Å²) in [5.74, 6) is 4.31. The first-order chi connectivity index (χ1) is 8.20. The molecule has 9 heteroatoms. The van der Waals surface area contributed by atoms with Crippen LogP contribution in [0.4, 0.5) is 13.2 Å². The van der Waals surface area contributed by atoms with Gasteiger partial charge in [-0.25, -0.2) is 5.84 Å². The molecule has 1 heterocycles. The fourth-order valence-corrected chi connectivity index (χ4v) is 1.79. The van der Waals surface area contributed by atoms with Gasteiger partial charge in [0.25, 0.3) is 5.91 Å². The van der Waals surface area contributed by atoms with E-state index < -0.39 is 24.2 Å². The standard InChI is InChI=1S/C9H11BrF3N3O2/c1-8(7(17)16-14)6(10)5(2-3-15-8)18-4-9(11,12)13/h2-3,15H,4,14H2,1H3,(H,16,17). The second-order valence-electron chi connectivity index (χ2n) is 3.66. The van der Waals surface area contributed by atoms with E-state index in [2.05, 4.69) is 26.0 Å². The molecule has 1 aliphatic rings. The number of nitrogens with two attached hydrogens (primary N) is 1. The maximum atomic E-state index is 12.1. The van der Waals surface area contributed by atoms with Gasteiger partial charge in [-0.15, -0.1) is 0 Å². The number of ether oxygens (including phenoxy) is 1. The number of alkyl halides is 3. The normalized spacial score (nSPS) is 23.7. The van der Waals surface area contributed by atoms with Crippen molar-refractivity contribution >= 4 is 21.8 Å². The van der Waals surface area contributed by atoms with Crippen LogP contribution >= 0.6 is 15.9 Å². The second kappa shape index (κ2) is 5.19. The summed E-state index contributed by atoms with van der Waals surface area (Å²) in [6.45, 7) is 0.00181. The summed E-state index contributed by atoms with van der Waals surface area (Å²) in [7, 11) is 0. The summed E-state index contributed by atoms with van der Waals surface area (Å²) in [6.07, 6.45) is -1.86. The highest BCUT2D eigenvalue weighted by molar-refractivity contribution is 9.11. The summed E-state index contributed by atoms with van der Waals surface area (Å²) in [5, 5.41) is 2.68. The minimum Gasteiger partial charge on any atom is -0.483 e. The van der Waals surface area contributed by atoms with Gasteiger partial charge in [0.05, 0.1) is 4.48 Å². The van der Waals surface area contributed by atoms with Crippen molar-refractivity contribution in [2.75, 3.05) is 6.61 Å². The zero-order valence-electron chi connectivity index (χ0n) is 9.27. The van der Waals surface area contributed by atoms with Crippen molar-refractivity contribution in [2.24, 2.45) is 5.84 Å². The Morgan fingerprint density at radius 3 is 2.78 bits per heavy atom. The van der Waals surface area contributed by atoms with E-state index in [1.54, 1.807) is 0 Å². The highest BCUT2D eigenvalue weighted by Crippen LogP contribution is 2.31. The molecule has 5 nitrogen and oxygen atoms in total. The zero-order valence-corrected chi connectivity index (χ0v) is 10.9. The zero-order chi connectivity index (χ0) is 14.0. The van der Waals surface area contributed by atoms with E-state index in [0.717, 1.165) is 0 Å². The molecule has 1 unspecified atom stereocenters. The number of nitrogens with one attached hydrogen (secondary N) is 2. The van der Waals surface area contributed by atoms with Crippen LogP contribution in [-0.2, 0) is 9.53 Å². The number of hydrogen-bond donors (Lipinski definition) is 3. The number of dihydropyridines is 1. The summed E-state index contributed by atoms with van der Waals surface area (Å²) >= 11 is 3.04. The van der Waals surface area contributed by atoms with E-state index in [1.165, 1.54) is 19.2 Å². The van der Waals surface area contributed by atoms with Crippen LogP contribution in [0.25, 0.3) is 0 Å². The molecule has 0 fully saturated rings. The third-order valence-electron chi connectivity index (χ3n) is 2.24. The lowest BCUT2D eigenvalue weighted by atomic mass is 9.98. The molecule has 0 saturated carbocycles. The number of allylic oxidation sites excluding steroid dienone is 1. The Morgan fingerprint density at radius 1 is 1.67 bits per heavy atom. The molecule has 0 aromatic rings. The van der Waals surface area contributed by atoms with E-state index in [0.29, 0.717) is 0 Å². The Bertz CT molecular complexity index is 408. The first-order valence-corrected chi connectivity index (χ1v) is 5.55. The van der Waals surface area contributed by atoms with Crippen molar-refractivity contribution in [2.45, 2.75) is 18.6 Å². The molecule has 1 rings (SSSR count). The minimum atomic E-state index is -4.45. The molecule has 0 radical (unpaired) electrons. The van der Waals surface area contributed by atoms with Crippen LogP contribution in [0.15, 0.2) is 22.5 Å². The van der Waals surface area contributed by atoms with Crippen LogP contribution < -0.4 is 16.6 Å². The summed E-state index contributed by atoms with van der Waals surface area (Å²) < 4.78 is 40.9. The van der Waals surface area contributed by atoms with Crippen molar-refractivity contribution < 1.29 is 22.7 Å². The number of amides is 1. The van der Waals surface area contributed by atoms with Crippen molar-refractivity contribution in [3.8, 4) is 0 Å². The second-order valence-corrected chi connectivity index (χ2v) is 4.45. The van der Waals surface area contributed by atoms with Crippen LogP contribution in [0, 0.1) is 0 Å². The maximum Gasteiger partial charge on any atom is 0.422 e. The Kier molecular flexibility index (Phi) is 4.28. The lowest BCUT2D eigenvalue weighted by Gasteiger charge is -2.31. The Labute approximate surface area is 109 Å². The molecule has 1 amide bonds. The first kappa shape index (κ1) is 14.8. The first-order valence-electron chi connectivity index (χ1n) is 4.76. The van der Waals surface area contributed by atoms with Crippen LogP contribution in [0.5, 0.6) is 0 Å². The van der Waals surface area contributed by atoms with Gasteiger partial charge in [-0.1, -0.05) is 0 Å². The van der Waals surface area contributed by atoms with E-state index in [4.69, 9.17) is 5.84 Å². The Morgan fingerprint density at radius 2 is 2.28 bits per heavy atom. The molecular formula is C9H11BrF3N3O2. The molecule has 0 aromatic heterocycles. The smallest absolute Gasteiger partial charge is 0.422 e. The van der Waals surface area contributed by atoms with Gasteiger partial charge >= 0.3 is 6.18 Å². The van der Waals surface area contributed by atoms with Crippen molar-refractivity contribution in [3.05, 3.63) is 22.5 Å². The van der Waals surface area contributed by atoms with E-state index >= 15 is 0 Å². The lowest BCUT2D eigenvalue weighted by molar-refractivity contribution is -0.164. The van der Waals surface area contributed by atoms with Gasteiger partial charge in [0.2, 0.25) is 0 Å². The topological polar surface area (TPSA) is 76.4 Å². The van der Waals surface area contributed by atoms with Gasteiger partial charge in [-0.3, -0.25) is 10.2 Å². The highest BCUT2D eigenvalue weighted by atomic mass is 79.9. The molecule has 4 N–H and O–H groups in total. The number of rotatable bonds is 3. The van der Waals surface area contributed by atoms with Crippen molar-refractivity contribution in [1.29, 1.82) is 0 Å². The fourth-order valence-electron chi connectivity index (χ4n) is 1.25. The maximum absolute atomic E-state index is 12.1. The predicted molar refractivity (Wildman–Crippen MR) is 61.0 cm³/mol. The molecule has 102 valence electrons. The largest absolute Gasteiger partial charge is 0.483 e. The molecule has 0 bridgehead atoms. The van der Waals surface area contributed by atoms with Gasteiger partial charge in [0.15, 0.2) is 12.1 Å². The highest BCUT2D eigenvalue weighted by Gasteiger charge is 2.39. The number of carbonyl (C=O) groups excluding carboxylic acids is 1. The quantitative estimate of drug-likeness (QED) is 0.411. The van der Waals surface area contributed by atoms with E-state index in [-0.39, 0.29) is 10.2 Å². The molecular weight excluding hydrogens is 319 g/mol. The predicted octanol–water partition coefficient (Wildman–Crippen LogP) is 1.04. The van der Waals surface area contributed by atoms with Crippen molar-refractivity contribution in [1.82, 2.24) is 10.7 Å². The lowest BCUT2D eigenvalue weighted by Crippen LogP contribution is -2.56. The van der Waals surface area contributed by atoms with Crippen LogP contribution in [-0.4, -0.2) is 24.2 Å². The van der Waals surface area contributed by atoms with Crippen molar-refractivity contribution in [3.63, 3.8) is 0 Å². The molecule has 1 aliphatic heterocycles. The SMILES string of the molecule is CC1(C(=O)NN)NC=CC(OCC(F)(F)F)=C1Br. The monoisotopic (exact) mass is 329 g/mol. The molecule has 0 saturated heterocycles. The molecule has 0 spiro atoms. The van der Waals surface area contributed by atoms with E-state index in [9.17, 15) is 18.0 Å². The molecule has 18 heavy (non-hydrogen) atoms. The van der Waals surface area contributed by atoms with Crippen LogP contribution in [0.1, 0.15) is 6.92 Å². The molecule has 0 aliphatic carbocycles. The minimum absolute atomic E-state index is 0.0859. The molecule has 0 aromatic carbocycles. The van der Waals surface area contributed by atoms with Crippen LogP contribution in [0.2, 0.25) is 0 Å². The van der Waals surface area contributed by atoms with Crippen LogP contribution in [0.3, 0.4) is 0 Å². The third-order valence-corrected chi connectivity index (χ3v) is 3.42. The average molecular weight is 330 g/mol. The third kappa shape index (κ3) is 3.16. The summed E-state index contributed by atoms with van der Waals surface area (Å²) in [6, 6.07) is 0. The number of carbonyl (C=O) groups is 1. The Balaban J connectivity index is 2.93. The number of hydrazine groups is 1. The molecule has 1 atom stereocenters. The van der Waals surface area contributed by atoms with E-state index in [1.807, 2.05) is 5.43 Å². The Hall–Kier alpha value is -1.22.